The van der Waals surface area contributed by atoms with Gasteiger partial charge in [0, 0.05) is 31.5 Å². The molecular formula is C22H26N8O3Si. The number of aromatic nitrogens is 8. The second kappa shape index (κ2) is 8.95. The number of nitrogens with zero attached hydrogens (tertiary/aromatic N) is 8. The van der Waals surface area contributed by atoms with Crippen LogP contribution in [0.5, 0.6) is 5.88 Å². The van der Waals surface area contributed by atoms with E-state index in [-0.39, 0.29) is 6.61 Å². The normalized spacial score (nSPS) is 12.1. The lowest BCUT2D eigenvalue weighted by atomic mass is 10.2. The Balaban J connectivity index is 1.41. The summed E-state index contributed by atoms with van der Waals surface area (Å²) in [6, 6.07) is 10.7. The summed E-state index contributed by atoms with van der Waals surface area (Å²) in [6.07, 6.45) is 1.67. The molecule has 0 bridgehead atoms. The van der Waals surface area contributed by atoms with Gasteiger partial charge in [0.2, 0.25) is 11.7 Å². The Morgan fingerprint density at radius 1 is 1.09 bits per heavy atom. The number of aryl methyl sites for hydroxylation is 1. The Morgan fingerprint density at radius 3 is 2.68 bits per heavy atom. The first-order valence-corrected chi connectivity index (χ1v) is 14.8. The fraction of sp³-hybridized carbons (Fsp3) is 0.364. The highest BCUT2D eigenvalue weighted by Crippen LogP contribution is 2.29. The third-order valence-corrected chi connectivity index (χ3v) is 7.06. The molecule has 1 aromatic carbocycles. The van der Waals surface area contributed by atoms with E-state index in [1.165, 1.54) is 0 Å². The first-order valence-electron chi connectivity index (χ1n) is 11.0. The molecule has 34 heavy (non-hydrogen) atoms. The van der Waals surface area contributed by atoms with Gasteiger partial charge in [0.1, 0.15) is 19.1 Å². The van der Waals surface area contributed by atoms with E-state index in [2.05, 4.69) is 45.3 Å². The zero-order valence-electron chi connectivity index (χ0n) is 19.6. The van der Waals surface area contributed by atoms with Crippen LogP contribution in [0.3, 0.4) is 0 Å². The van der Waals surface area contributed by atoms with Gasteiger partial charge in [-0.2, -0.15) is 4.52 Å². The molecule has 0 spiro atoms. The Hall–Kier alpha value is -3.64. The maximum Gasteiger partial charge on any atom is 0.240 e. The predicted molar refractivity (Wildman–Crippen MR) is 127 cm³/mol. The Bertz CT molecular complexity index is 1440. The van der Waals surface area contributed by atoms with Crippen LogP contribution >= 0.6 is 0 Å². The van der Waals surface area contributed by atoms with Crippen LogP contribution in [0, 0.1) is 6.92 Å². The summed E-state index contributed by atoms with van der Waals surface area (Å²) in [5, 5.41) is 27.2. The molecule has 12 heteroatoms. The number of rotatable bonds is 9. The van der Waals surface area contributed by atoms with Gasteiger partial charge in [-0.05, 0) is 19.0 Å². The number of benzene rings is 1. The summed E-state index contributed by atoms with van der Waals surface area (Å²) in [5.74, 6) is 1.60. The molecular weight excluding hydrogens is 452 g/mol. The van der Waals surface area contributed by atoms with Crippen molar-refractivity contribution in [1.29, 1.82) is 0 Å². The van der Waals surface area contributed by atoms with Crippen LogP contribution in [-0.4, -0.2) is 54.6 Å². The summed E-state index contributed by atoms with van der Waals surface area (Å²) in [5.41, 5.74) is 1.95. The van der Waals surface area contributed by atoms with Crippen molar-refractivity contribution in [2.75, 3.05) is 6.61 Å². The molecule has 0 unspecified atom stereocenters. The number of ether oxygens (including phenoxy) is 2. The van der Waals surface area contributed by atoms with E-state index in [0.29, 0.717) is 42.1 Å². The molecule has 5 rings (SSSR count). The van der Waals surface area contributed by atoms with Gasteiger partial charge in [-0.15, -0.1) is 20.4 Å². The van der Waals surface area contributed by atoms with E-state index in [9.17, 15) is 0 Å². The van der Waals surface area contributed by atoms with E-state index < -0.39 is 8.07 Å². The smallest absolute Gasteiger partial charge is 0.240 e. The van der Waals surface area contributed by atoms with Crippen molar-refractivity contribution in [2.24, 2.45) is 0 Å². The van der Waals surface area contributed by atoms with Gasteiger partial charge in [0.05, 0.1) is 11.9 Å². The number of hydrogen-bond donors (Lipinski definition) is 0. The zero-order chi connectivity index (χ0) is 23.7. The number of fused-ring (bicyclic) bond motifs is 3. The van der Waals surface area contributed by atoms with Crippen LogP contribution in [0.1, 0.15) is 11.5 Å². The number of hydrogen-bond acceptors (Lipinski definition) is 9. The van der Waals surface area contributed by atoms with Crippen molar-refractivity contribution in [3.05, 3.63) is 48.0 Å². The Morgan fingerprint density at radius 2 is 1.91 bits per heavy atom. The third kappa shape index (κ3) is 4.54. The lowest BCUT2D eigenvalue weighted by Crippen LogP contribution is -2.22. The Labute approximate surface area is 196 Å². The fourth-order valence-electron chi connectivity index (χ4n) is 3.46. The van der Waals surface area contributed by atoms with Crippen molar-refractivity contribution in [1.82, 2.24) is 40.0 Å². The van der Waals surface area contributed by atoms with Crippen LogP contribution < -0.4 is 4.74 Å². The molecule has 176 valence electrons. The Kier molecular flexibility index (Phi) is 5.83. The molecule has 4 heterocycles. The molecule has 0 radical (unpaired) electrons. The molecule has 0 N–H and O–H groups in total. The van der Waals surface area contributed by atoms with Gasteiger partial charge in [-0.3, -0.25) is 0 Å². The topological polar surface area (TPSA) is 118 Å². The van der Waals surface area contributed by atoms with Gasteiger partial charge in [0.15, 0.2) is 11.3 Å². The van der Waals surface area contributed by atoms with Crippen molar-refractivity contribution in [3.63, 3.8) is 0 Å². The summed E-state index contributed by atoms with van der Waals surface area (Å²) >= 11 is 0. The van der Waals surface area contributed by atoms with E-state index in [1.807, 2.05) is 31.2 Å². The third-order valence-electron chi connectivity index (χ3n) is 5.35. The molecule has 4 aromatic heterocycles. The predicted octanol–water partition coefficient (Wildman–Crippen LogP) is 3.72. The fourth-order valence-corrected chi connectivity index (χ4v) is 4.22. The molecule has 0 aliphatic heterocycles. The average Bonchev–Trinajstić information content (AvgIpc) is 3.54. The maximum atomic E-state index is 6.16. The van der Waals surface area contributed by atoms with Gasteiger partial charge >= 0.3 is 0 Å². The first-order chi connectivity index (χ1) is 16.4. The van der Waals surface area contributed by atoms with Crippen LogP contribution in [-0.2, 0) is 18.1 Å². The standard InChI is InChI=1S/C22H26N8O3Si/c1-15-11-19(27-33-15)21-25-24-20-17-7-5-6-8-18(17)22(26-30(20)21)32-13-16-12-23-28-29(16)14-31-9-10-34(2,3)4/h5-8,11-12H,9-10,13-14H2,1-4H3. The van der Waals surface area contributed by atoms with Crippen molar-refractivity contribution in [2.45, 2.75) is 45.9 Å². The highest BCUT2D eigenvalue weighted by molar-refractivity contribution is 6.76. The maximum absolute atomic E-state index is 6.16. The minimum Gasteiger partial charge on any atom is -0.470 e. The molecule has 0 atom stereocenters. The molecule has 0 aliphatic carbocycles. The average molecular weight is 479 g/mol. The molecule has 0 amide bonds. The van der Waals surface area contributed by atoms with Crippen molar-refractivity contribution in [3.8, 4) is 17.4 Å². The lowest BCUT2D eigenvalue weighted by molar-refractivity contribution is 0.0725. The van der Waals surface area contributed by atoms with Crippen LogP contribution in [0.25, 0.3) is 27.9 Å². The monoisotopic (exact) mass is 478 g/mol. The van der Waals surface area contributed by atoms with E-state index in [4.69, 9.17) is 19.1 Å². The van der Waals surface area contributed by atoms with Crippen molar-refractivity contribution < 1.29 is 14.0 Å². The highest BCUT2D eigenvalue weighted by atomic mass is 28.3. The molecule has 0 saturated heterocycles. The second-order valence-electron chi connectivity index (χ2n) is 9.29. The van der Waals surface area contributed by atoms with Crippen molar-refractivity contribution >= 4 is 24.5 Å². The first kappa shape index (κ1) is 22.2. The quantitative estimate of drug-likeness (QED) is 0.231. The van der Waals surface area contributed by atoms with Crippen LogP contribution in [0.15, 0.2) is 41.1 Å². The van der Waals surface area contributed by atoms with Crippen LogP contribution in [0.4, 0.5) is 0 Å². The van der Waals surface area contributed by atoms with E-state index >= 15 is 0 Å². The lowest BCUT2D eigenvalue weighted by Gasteiger charge is -2.15. The molecule has 0 saturated carbocycles. The van der Waals surface area contributed by atoms with Gasteiger partial charge in [0.25, 0.3) is 0 Å². The zero-order valence-corrected chi connectivity index (χ0v) is 20.6. The van der Waals surface area contributed by atoms with Gasteiger partial charge < -0.3 is 14.0 Å². The summed E-state index contributed by atoms with van der Waals surface area (Å²) in [7, 11) is -1.15. The van der Waals surface area contributed by atoms with E-state index in [1.54, 1.807) is 21.5 Å². The minimum absolute atomic E-state index is 0.230. The molecule has 11 nitrogen and oxygen atoms in total. The summed E-state index contributed by atoms with van der Waals surface area (Å²) < 4.78 is 20.5. The molecule has 0 fully saturated rings. The molecule has 5 aromatic rings. The van der Waals surface area contributed by atoms with E-state index in [0.717, 1.165) is 22.5 Å². The minimum atomic E-state index is -1.15. The SMILES string of the molecule is Cc1cc(-c2nnc3c4ccccc4c(OCc4cnnn4COCC[Si](C)(C)C)nn23)no1. The highest BCUT2D eigenvalue weighted by Gasteiger charge is 2.19. The van der Waals surface area contributed by atoms with Crippen LogP contribution in [0.2, 0.25) is 25.7 Å². The second-order valence-corrected chi connectivity index (χ2v) is 14.9. The molecule has 0 aliphatic rings. The summed E-state index contributed by atoms with van der Waals surface area (Å²) in [4.78, 5) is 0. The van der Waals surface area contributed by atoms with Gasteiger partial charge in [-0.25, -0.2) is 4.68 Å². The van der Waals surface area contributed by atoms with Gasteiger partial charge in [-0.1, -0.05) is 48.2 Å². The largest absolute Gasteiger partial charge is 0.470 e. The summed E-state index contributed by atoms with van der Waals surface area (Å²) in [6.45, 7) is 10.1.